The number of unbranched alkanes of at least 4 members (excludes halogenated alkanes) is 15. The molecule has 0 radical (unpaired) electrons. The van der Waals surface area contributed by atoms with Crippen molar-refractivity contribution in [3.8, 4) is 0 Å². The van der Waals surface area contributed by atoms with Crippen molar-refractivity contribution in [2.24, 2.45) is 0 Å². The molecule has 0 bridgehead atoms. The number of hydrogen-bond donors (Lipinski definition) is 1. The third-order valence-electron chi connectivity index (χ3n) is 10.7. The molecule has 3 saturated heterocycles. The Hall–Kier alpha value is -0.730. The van der Waals surface area contributed by atoms with Gasteiger partial charge >= 0.3 is 0 Å². The fourth-order valence-electron chi connectivity index (χ4n) is 8.15. The van der Waals surface area contributed by atoms with Crippen LogP contribution in [0.5, 0.6) is 0 Å². The fraction of sp³-hybridized carbons (Fsp3) is 0.972. The molecule has 5 fully saturated rings. The molecule has 0 unspecified atom stereocenters. The molecule has 3 aliphatic heterocycles. The second kappa shape index (κ2) is 17.3. The van der Waals surface area contributed by atoms with Crippen LogP contribution in [0.25, 0.3) is 0 Å². The third kappa shape index (κ3) is 9.40. The fourth-order valence-corrected chi connectivity index (χ4v) is 8.15. The molecule has 43 heavy (non-hydrogen) atoms. The predicted molar refractivity (Wildman–Crippen MR) is 169 cm³/mol. The maximum absolute atomic E-state index is 13.5. The molecule has 0 aromatic rings. The molecule has 7 heteroatoms. The highest BCUT2D eigenvalue weighted by atomic mass is 16.9. The number of hydrogen-bond acceptors (Lipinski definition) is 6. The van der Waals surface area contributed by atoms with Crippen LogP contribution in [0.3, 0.4) is 0 Å². The van der Waals surface area contributed by atoms with Crippen molar-refractivity contribution >= 4 is 5.91 Å². The molecule has 0 aromatic heterocycles. The number of carbonyl (C=O) groups is 1. The first kappa shape index (κ1) is 33.6. The van der Waals surface area contributed by atoms with Crippen LogP contribution in [0.2, 0.25) is 0 Å². The lowest BCUT2D eigenvalue weighted by Crippen LogP contribution is -2.59. The molecule has 5 aliphatic rings. The van der Waals surface area contributed by atoms with Crippen molar-refractivity contribution in [3.05, 3.63) is 0 Å². The van der Waals surface area contributed by atoms with Gasteiger partial charge in [0.25, 0.3) is 5.91 Å². The first-order valence-electron chi connectivity index (χ1n) is 18.8. The van der Waals surface area contributed by atoms with Crippen LogP contribution in [0.15, 0.2) is 0 Å². The maximum atomic E-state index is 13.5. The van der Waals surface area contributed by atoms with E-state index in [0.717, 1.165) is 64.2 Å². The molecule has 2 aliphatic carbocycles. The largest absolute Gasteiger partial charge is 0.354 e. The molecule has 5 atom stereocenters. The Balaban J connectivity index is 0.965. The van der Waals surface area contributed by atoms with Gasteiger partial charge in [-0.1, -0.05) is 116 Å². The smallest absolute Gasteiger partial charge is 0.252 e. The maximum Gasteiger partial charge on any atom is 0.252 e. The molecule has 0 aromatic carbocycles. The lowest BCUT2D eigenvalue weighted by Gasteiger charge is -2.36. The van der Waals surface area contributed by atoms with Crippen LogP contribution in [0, 0.1) is 0 Å². The summed E-state index contributed by atoms with van der Waals surface area (Å²) in [5, 5.41) is 3.16. The lowest BCUT2D eigenvalue weighted by atomic mass is 9.94. The van der Waals surface area contributed by atoms with E-state index in [1.807, 2.05) is 0 Å². The van der Waals surface area contributed by atoms with E-state index in [-0.39, 0.29) is 18.1 Å². The quantitative estimate of drug-likeness (QED) is 0.158. The summed E-state index contributed by atoms with van der Waals surface area (Å²) >= 11 is 0. The van der Waals surface area contributed by atoms with Crippen LogP contribution in [0.4, 0.5) is 0 Å². The monoisotopic (exact) mass is 605 g/mol. The summed E-state index contributed by atoms with van der Waals surface area (Å²) in [5.74, 6) is -1.30. The molecule has 1 N–H and O–H groups in total. The van der Waals surface area contributed by atoms with Gasteiger partial charge in [0.1, 0.15) is 18.3 Å². The van der Waals surface area contributed by atoms with E-state index >= 15 is 0 Å². The average molecular weight is 606 g/mol. The number of rotatable bonds is 18. The van der Waals surface area contributed by atoms with E-state index in [0.29, 0.717) is 6.54 Å². The number of ether oxygens (including phenoxy) is 5. The second-order valence-electron chi connectivity index (χ2n) is 14.3. The van der Waals surface area contributed by atoms with Crippen molar-refractivity contribution in [3.63, 3.8) is 0 Å². The molecule has 7 nitrogen and oxygen atoms in total. The summed E-state index contributed by atoms with van der Waals surface area (Å²) in [6, 6.07) is 0. The molecular weight excluding hydrogens is 542 g/mol. The number of nitrogens with one attached hydrogen (secondary N) is 1. The Morgan fingerprint density at radius 1 is 0.558 bits per heavy atom. The average Bonchev–Trinajstić information content (AvgIpc) is 3.56. The van der Waals surface area contributed by atoms with Gasteiger partial charge in [-0.15, -0.1) is 0 Å². The summed E-state index contributed by atoms with van der Waals surface area (Å²) in [7, 11) is 0. The van der Waals surface area contributed by atoms with Crippen molar-refractivity contribution in [2.75, 3.05) is 6.54 Å². The number of carbonyl (C=O) groups excluding carboxylic acids is 1. The van der Waals surface area contributed by atoms with Crippen LogP contribution >= 0.6 is 0 Å². The highest BCUT2D eigenvalue weighted by Crippen LogP contribution is 2.50. The van der Waals surface area contributed by atoms with Gasteiger partial charge in [-0.3, -0.25) is 4.79 Å². The minimum atomic E-state index is -0.726. The van der Waals surface area contributed by atoms with E-state index in [4.69, 9.17) is 23.7 Å². The molecule has 1 amide bonds. The first-order chi connectivity index (χ1) is 21.1. The summed E-state index contributed by atoms with van der Waals surface area (Å²) in [6.45, 7) is 2.96. The summed E-state index contributed by atoms with van der Waals surface area (Å²) in [4.78, 5) is 13.5. The molecule has 2 spiro atoms. The highest BCUT2D eigenvalue weighted by Gasteiger charge is 2.65. The zero-order valence-corrected chi connectivity index (χ0v) is 27.4. The Morgan fingerprint density at radius 3 is 1.53 bits per heavy atom. The van der Waals surface area contributed by atoms with Gasteiger partial charge in [-0.2, -0.15) is 0 Å². The standard InChI is InChI=1S/C36H63NO6/c1-2-3-4-5-6-7-8-9-10-11-12-13-14-15-16-23-28-37-33(38)31-29-30(41-35(40-29)24-19-17-20-25-35)32-34(39-31)43-36(42-32)26-21-18-22-27-36/h29-32,34H,2-28H2,1H3,(H,37,38)/t29-,30-,31-,32+,34-/m0/s1. The molecule has 2 saturated carbocycles. The Kier molecular flexibility index (Phi) is 13.5. The normalized spacial score (nSPS) is 30.9. The van der Waals surface area contributed by atoms with Crippen LogP contribution in [-0.2, 0) is 28.5 Å². The molecule has 5 rings (SSSR count). The van der Waals surface area contributed by atoms with Crippen molar-refractivity contribution < 1.29 is 28.5 Å². The minimum absolute atomic E-state index is 0.0981. The number of fused-ring (bicyclic) bond motifs is 3. The van der Waals surface area contributed by atoms with Crippen LogP contribution in [0.1, 0.15) is 174 Å². The van der Waals surface area contributed by atoms with Gasteiger partial charge in [0.2, 0.25) is 0 Å². The van der Waals surface area contributed by atoms with Crippen LogP contribution in [-0.4, -0.2) is 54.7 Å². The van der Waals surface area contributed by atoms with E-state index in [9.17, 15) is 4.79 Å². The lowest BCUT2D eigenvalue weighted by molar-refractivity contribution is -0.247. The van der Waals surface area contributed by atoms with E-state index in [2.05, 4.69) is 12.2 Å². The van der Waals surface area contributed by atoms with Crippen molar-refractivity contribution in [2.45, 2.75) is 216 Å². The van der Waals surface area contributed by atoms with Gasteiger partial charge in [-0.05, 0) is 32.1 Å². The number of amides is 1. The molecule has 248 valence electrons. The predicted octanol–water partition coefficient (Wildman–Crippen LogP) is 8.61. The third-order valence-corrected chi connectivity index (χ3v) is 10.7. The van der Waals surface area contributed by atoms with Gasteiger partial charge in [0.05, 0.1) is 0 Å². The van der Waals surface area contributed by atoms with Crippen molar-refractivity contribution in [1.82, 2.24) is 5.32 Å². The van der Waals surface area contributed by atoms with Crippen molar-refractivity contribution in [1.29, 1.82) is 0 Å². The van der Waals surface area contributed by atoms with Gasteiger partial charge in [-0.25, -0.2) is 0 Å². The van der Waals surface area contributed by atoms with E-state index in [1.54, 1.807) is 0 Å². The zero-order chi connectivity index (χ0) is 29.8. The van der Waals surface area contributed by atoms with E-state index in [1.165, 1.54) is 103 Å². The van der Waals surface area contributed by atoms with Gasteiger partial charge in [0, 0.05) is 32.2 Å². The topological polar surface area (TPSA) is 75.3 Å². The Labute approximate surface area is 262 Å². The summed E-state index contributed by atoms with van der Waals surface area (Å²) in [5.41, 5.74) is 0. The van der Waals surface area contributed by atoms with Gasteiger partial charge < -0.3 is 29.0 Å². The first-order valence-corrected chi connectivity index (χ1v) is 18.8. The Bertz CT molecular complexity index is 810. The minimum Gasteiger partial charge on any atom is -0.354 e. The van der Waals surface area contributed by atoms with Gasteiger partial charge in [0.15, 0.2) is 24.0 Å². The van der Waals surface area contributed by atoms with E-state index < -0.39 is 30.1 Å². The van der Waals surface area contributed by atoms with Crippen LogP contribution < -0.4 is 5.32 Å². The Morgan fingerprint density at radius 2 is 1.00 bits per heavy atom. The summed E-state index contributed by atoms with van der Waals surface area (Å²) < 4.78 is 32.7. The molecule has 3 heterocycles. The second-order valence-corrected chi connectivity index (χ2v) is 14.3. The highest BCUT2D eigenvalue weighted by molar-refractivity contribution is 5.81. The SMILES string of the molecule is CCCCCCCCCCCCCCCCCCNC(=O)[C@H]1O[C@H]2OC3(CCCCC3)O[C@@H]2[C@H]2OC3(CCCCC3)O[C@@H]21. The summed E-state index contributed by atoms with van der Waals surface area (Å²) in [6.07, 6.45) is 29.4. The zero-order valence-electron chi connectivity index (χ0n) is 27.4. The molecular formula is C36H63NO6.